The van der Waals surface area contributed by atoms with Crippen molar-refractivity contribution in [2.24, 2.45) is 5.92 Å². The Labute approximate surface area is 116 Å². The normalized spacial score (nSPS) is 21.1. The zero-order chi connectivity index (χ0) is 14.6. The number of carbonyl (C=O) groups is 1. The Balaban J connectivity index is 2.42. The number of piperazine rings is 1. The average Bonchev–Trinajstić information content (AvgIpc) is 2.35. The topological polar surface area (TPSA) is 53.0 Å². The quantitative estimate of drug-likeness (QED) is 0.852. The van der Waals surface area contributed by atoms with Gasteiger partial charge in [0.15, 0.2) is 0 Å². The third kappa shape index (κ3) is 4.99. The van der Waals surface area contributed by atoms with Gasteiger partial charge in [0.1, 0.15) is 11.8 Å². The number of carbonyl (C=O) groups excluding carboxylic acids is 1. The summed E-state index contributed by atoms with van der Waals surface area (Å²) in [7, 11) is 0. The Morgan fingerprint density at radius 1 is 1.26 bits per heavy atom. The zero-order valence-electron chi connectivity index (χ0n) is 12.8. The number of ether oxygens (including phenoxy) is 1. The van der Waals surface area contributed by atoms with Gasteiger partial charge in [-0.1, -0.05) is 13.8 Å². The van der Waals surface area contributed by atoms with Crippen LogP contribution < -0.4 is 0 Å². The van der Waals surface area contributed by atoms with Gasteiger partial charge < -0.3 is 14.7 Å². The maximum atomic E-state index is 11.9. The number of aliphatic hydroxyl groups excluding tert-OH is 1. The first-order valence-corrected chi connectivity index (χ1v) is 7.14. The lowest BCUT2D eigenvalue weighted by Crippen LogP contribution is -2.54. The SMILES string of the molecule is CCC(C)[C@H](O)N1CCN(C(=O)OC(C)(C)C)CC1. The second kappa shape index (κ2) is 6.57. The van der Waals surface area contributed by atoms with E-state index in [0.717, 1.165) is 6.42 Å². The molecule has 19 heavy (non-hydrogen) atoms. The molecule has 1 rings (SSSR count). The average molecular weight is 272 g/mol. The smallest absolute Gasteiger partial charge is 0.410 e. The van der Waals surface area contributed by atoms with Gasteiger partial charge in [-0.3, -0.25) is 4.90 Å². The zero-order valence-corrected chi connectivity index (χ0v) is 12.8. The van der Waals surface area contributed by atoms with Crippen LogP contribution in [-0.4, -0.2) is 59.0 Å². The molecule has 0 bridgehead atoms. The molecular weight excluding hydrogens is 244 g/mol. The van der Waals surface area contributed by atoms with Gasteiger partial charge in [0, 0.05) is 26.2 Å². The minimum Gasteiger partial charge on any atom is -0.444 e. The molecule has 1 saturated heterocycles. The summed E-state index contributed by atoms with van der Waals surface area (Å²) in [5, 5.41) is 10.1. The van der Waals surface area contributed by atoms with Crippen LogP contribution in [0.15, 0.2) is 0 Å². The largest absolute Gasteiger partial charge is 0.444 e. The first kappa shape index (κ1) is 16.2. The van der Waals surface area contributed by atoms with E-state index in [2.05, 4.69) is 6.92 Å². The van der Waals surface area contributed by atoms with Crippen LogP contribution in [0, 0.1) is 5.92 Å². The molecule has 0 spiro atoms. The van der Waals surface area contributed by atoms with E-state index in [1.54, 1.807) is 4.90 Å². The monoisotopic (exact) mass is 272 g/mol. The van der Waals surface area contributed by atoms with Crippen LogP contribution in [-0.2, 0) is 4.74 Å². The molecular formula is C14H28N2O3. The standard InChI is InChI=1S/C14H28N2O3/c1-6-11(2)12(17)15-7-9-16(10-8-15)13(18)19-14(3,4)5/h11-12,17H,6-10H2,1-5H3/t11?,12-/m0/s1. The molecule has 1 heterocycles. The summed E-state index contributed by atoms with van der Waals surface area (Å²) < 4.78 is 5.35. The molecule has 1 unspecified atom stereocenters. The molecule has 1 amide bonds. The number of amides is 1. The minimum atomic E-state index is -0.454. The van der Waals surface area contributed by atoms with Crippen molar-refractivity contribution in [2.45, 2.75) is 52.9 Å². The lowest BCUT2D eigenvalue weighted by atomic mass is 10.1. The number of aliphatic hydroxyl groups is 1. The van der Waals surface area contributed by atoms with E-state index in [1.807, 2.05) is 32.6 Å². The molecule has 0 radical (unpaired) electrons. The van der Waals surface area contributed by atoms with E-state index >= 15 is 0 Å². The maximum Gasteiger partial charge on any atom is 0.410 e. The Morgan fingerprint density at radius 2 is 1.79 bits per heavy atom. The van der Waals surface area contributed by atoms with E-state index < -0.39 is 11.8 Å². The van der Waals surface area contributed by atoms with Crippen molar-refractivity contribution in [1.29, 1.82) is 0 Å². The Kier molecular flexibility index (Phi) is 5.62. The van der Waals surface area contributed by atoms with Gasteiger partial charge in [0.2, 0.25) is 0 Å². The summed E-state index contributed by atoms with van der Waals surface area (Å²) in [4.78, 5) is 15.7. The summed E-state index contributed by atoms with van der Waals surface area (Å²) in [6.45, 7) is 12.4. The van der Waals surface area contributed by atoms with Crippen LogP contribution >= 0.6 is 0 Å². The summed E-state index contributed by atoms with van der Waals surface area (Å²) >= 11 is 0. The van der Waals surface area contributed by atoms with Gasteiger partial charge in [-0.05, 0) is 33.1 Å². The van der Waals surface area contributed by atoms with E-state index in [1.165, 1.54) is 0 Å². The van der Waals surface area contributed by atoms with Crippen molar-refractivity contribution < 1.29 is 14.6 Å². The van der Waals surface area contributed by atoms with Crippen LogP contribution in [0.4, 0.5) is 4.79 Å². The third-order valence-electron chi connectivity index (χ3n) is 3.49. The predicted octanol–water partition coefficient (Wildman–Crippen LogP) is 1.90. The molecule has 1 aliphatic heterocycles. The molecule has 0 aliphatic carbocycles. The number of nitrogens with zero attached hydrogens (tertiary/aromatic N) is 2. The summed E-state index contributed by atoms with van der Waals surface area (Å²) in [6.07, 6.45) is 0.281. The highest BCUT2D eigenvalue weighted by molar-refractivity contribution is 5.68. The van der Waals surface area contributed by atoms with Crippen LogP contribution in [0.1, 0.15) is 41.0 Å². The summed E-state index contributed by atoms with van der Waals surface area (Å²) in [5.74, 6) is 0.257. The summed E-state index contributed by atoms with van der Waals surface area (Å²) in [5.41, 5.74) is -0.454. The van der Waals surface area contributed by atoms with Crippen molar-refractivity contribution in [2.75, 3.05) is 26.2 Å². The highest BCUT2D eigenvalue weighted by atomic mass is 16.6. The number of rotatable bonds is 3. The fourth-order valence-corrected chi connectivity index (χ4v) is 2.07. The molecule has 5 nitrogen and oxygen atoms in total. The van der Waals surface area contributed by atoms with Gasteiger partial charge in [-0.2, -0.15) is 0 Å². The van der Waals surface area contributed by atoms with Gasteiger partial charge in [0.25, 0.3) is 0 Å². The fraction of sp³-hybridized carbons (Fsp3) is 0.929. The summed E-state index contributed by atoms with van der Waals surface area (Å²) in [6, 6.07) is 0. The van der Waals surface area contributed by atoms with Gasteiger partial charge in [0.05, 0.1) is 0 Å². The van der Waals surface area contributed by atoms with Gasteiger partial charge >= 0.3 is 6.09 Å². The molecule has 0 aromatic carbocycles. The molecule has 0 aromatic heterocycles. The van der Waals surface area contributed by atoms with Crippen LogP contribution in [0.5, 0.6) is 0 Å². The first-order valence-electron chi connectivity index (χ1n) is 7.14. The van der Waals surface area contributed by atoms with Crippen LogP contribution in [0.3, 0.4) is 0 Å². The molecule has 1 fully saturated rings. The van der Waals surface area contributed by atoms with E-state index in [4.69, 9.17) is 4.74 Å². The lowest BCUT2D eigenvalue weighted by molar-refractivity contribution is -0.0602. The fourth-order valence-electron chi connectivity index (χ4n) is 2.07. The van der Waals surface area contributed by atoms with Crippen molar-refractivity contribution in [3.63, 3.8) is 0 Å². The molecule has 2 atom stereocenters. The van der Waals surface area contributed by atoms with Gasteiger partial charge in [-0.15, -0.1) is 0 Å². The Hall–Kier alpha value is -0.810. The van der Waals surface area contributed by atoms with E-state index in [9.17, 15) is 9.90 Å². The number of hydrogen-bond acceptors (Lipinski definition) is 4. The molecule has 1 aliphatic rings. The lowest BCUT2D eigenvalue weighted by Gasteiger charge is -2.39. The van der Waals surface area contributed by atoms with Crippen molar-refractivity contribution in [1.82, 2.24) is 9.80 Å². The Bertz CT molecular complexity index is 294. The first-order chi connectivity index (χ1) is 8.74. The maximum absolute atomic E-state index is 11.9. The van der Waals surface area contributed by atoms with E-state index in [-0.39, 0.29) is 12.0 Å². The van der Waals surface area contributed by atoms with Crippen molar-refractivity contribution in [3.05, 3.63) is 0 Å². The Morgan fingerprint density at radius 3 is 2.21 bits per heavy atom. The minimum absolute atomic E-state index is 0.257. The second-order valence-corrected chi connectivity index (χ2v) is 6.30. The van der Waals surface area contributed by atoms with Crippen molar-refractivity contribution in [3.8, 4) is 0 Å². The highest BCUT2D eigenvalue weighted by Gasteiger charge is 2.29. The molecule has 0 saturated carbocycles. The molecule has 0 aromatic rings. The molecule has 5 heteroatoms. The van der Waals surface area contributed by atoms with Crippen LogP contribution in [0.2, 0.25) is 0 Å². The molecule has 1 N–H and O–H groups in total. The third-order valence-corrected chi connectivity index (χ3v) is 3.49. The second-order valence-electron chi connectivity index (χ2n) is 6.30. The highest BCUT2D eigenvalue weighted by Crippen LogP contribution is 2.16. The van der Waals surface area contributed by atoms with Crippen LogP contribution in [0.25, 0.3) is 0 Å². The van der Waals surface area contributed by atoms with E-state index in [0.29, 0.717) is 26.2 Å². The predicted molar refractivity (Wildman–Crippen MR) is 74.8 cm³/mol. The number of hydrogen-bond donors (Lipinski definition) is 1. The molecule has 112 valence electrons. The van der Waals surface area contributed by atoms with Crippen molar-refractivity contribution >= 4 is 6.09 Å². The van der Waals surface area contributed by atoms with Gasteiger partial charge in [-0.25, -0.2) is 4.79 Å².